The van der Waals surface area contributed by atoms with E-state index in [4.69, 9.17) is 0 Å². The van der Waals surface area contributed by atoms with Crippen molar-refractivity contribution in [2.75, 3.05) is 0 Å². The zero-order chi connectivity index (χ0) is 7.78. The lowest BCUT2D eigenvalue weighted by Gasteiger charge is -2.23. The first-order valence-corrected chi connectivity index (χ1v) is 3.82. The minimum atomic E-state index is -0.431. The summed E-state index contributed by atoms with van der Waals surface area (Å²) >= 11 is 0. The Balaban J connectivity index is 2.80. The van der Waals surface area contributed by atoms with Crippen molar-refractivity contribution in [1.82, 2.24) is 0 Å². The number of rotatable bonds is 1. The predicted molar refractivity (Wildman–Crippen MR) is 38.6 cm³/mol. The highest BCUT2D eigenvalue weighted by Gasteiger charge is 2.43. The summed E-state index contributed by atoms with van der Waals surface area (Å²) < 4.78 is 0. The summed E-state index contributed by atoms with van der Waals surface area (Å²) in [5, 5.41) is 9.40. The maximum atomic E-state index is 11.2. The van der Waals surface area contributed by atoms with Gasteiger partial charge in [-0.3, -0.25) is 4.79 Å². The molecule has 0 spiro atoms. The lowest BCUT2D eigenvalue weighted by atomic mass is 9.83. The van der Waals surface area contributed by atoms with Crippen molar-refractivity contribution in [3.8, 4) is 0 Å². The van der Waals surface area contributed by atoms with E-state index in [2.05, 4.69) is 0 Å². The van der Waals surface area contributed by atoms with Crippen LogP contribution in [0.5, 0.6) is 0 Å². The predicted octanol–water partition coefficient (Wildman–Crippen LogP) is 1.13. The van der Waals surface area contributed by atoms with E-state index < -0.39 is 11.5 Å². The molecule has 0 saturated heterocycles. The van der Waals surface area contributed by atoms with E-state index in [1.54, 1.807) is 0 Å². The molecule has 1 fully saturated rings. The zero-order valence-corrected chi connectivity index (χ0v) is 6.55. The molecule has 0 aromatic rings. The van der Waals surface area contributed by atoms with Gasteiger partial charge in [0, 0.05) is 6.42 Å². The molecule has 10 heavy (non-hydrogen) atoms. The molecule has 0 aromatic carbocycles. The van der Waals surface area contributed by atoms with Crippen molar-refractivity contribution >= 4 is 5.78 Å². The first-order chi connectivity index (χ1) is 4.61. The molecule has 2 atom stereocenters. The van der Waals surface area contributed by atoms with Gasteiger partial charge in [-0.1, -0.05) is 13.8 Å². The Morgan fingerprint density at radius 3 is 2.60 bits per heavy atom. The molecule has 58 valence electrons. The molecule has 0 bridgehead atoms. The van der Waals surface area contributed by atoms with Gasteiger partial charge in [0.05, 0.1) is 11.5 Å². The van der Waals surface area contributed by atoms with Crippen LogP contribution in [-0.4, -0.2) is 17.0 Å². The van der Waals surface area contributed by atoms with Crippen LogP contribution in [0.4, 0.5) is 0 Å². The molecule has 2 nitrogen and oxygen atoms in total. The summed E-state index contributed by atoms with van der Waals surface area (Å²) in [6.07, 6.45) is 1.58. The number of Topliss-reactive ketones (excluding diaryl/α,β-unsaturated/α-hetero) is 1. The largest absolute Gasteiger partial charge is 0.392 e. The third-order valence-electron chi connectivity index (χ3n) is 2.75. The molecule has 2 heteroatoms. The Hall–Kier alpha value is -0.370. The van der Waals surface area contributed by atoms with Crippen LogP contribution in [0.2, 0.25) is 0 Å². The van der Waals surface area contributed by atoms with Gasteiger partial charge in [-0.05, 0) is 12.8 Å². The van der Waals surface area contributed by atoms with Crippen LogP contribution in [0.25, 0.3) is 0 Å². The number of aliphatic hydroxyl groups is 1. The van der Waals surface area contributed by atoms with E-state index in [1.807, 2.05) is 13.8 Å². The highest BCUT2D eigenvalue weighted by atomic mass is 16.3. The number of ketones is 1. The summed E-state index contributed by atoms with van der Waals surface area (Å²) in [5.74, 6) is 0.225. The van der Waals surface area contributed by atoms with Crippen LogP contribution in [0.15, 0.2) is 0 Å². The molecule has 0 radical (unpaired) electrons. The van der Waals surface area contributed by atoms with E-state index in [-0.39, 0.29) is 5.78 Å². The quantitative estimate of drug-likeness (QED) is 0.595. The lowest BCUT2D eigenvalue weighted by molar-refractivity contribution is -0.128. The summed E-state index contributed by atoms with van der Waals surface area (Å²) in [6.45, 7) is 3.80. The molecule has 0 amide bonds. The number of hydrogen-bond acceptors (Lipinski definition) is 2. The van der Waals surface area contributed by atoms with Crippen LogP contribution in [0, 0.1) is 5.41 Å². The van der Waals surface area contributed by atoms with E-state index >= 15 is 0 Å². The summed E-state index contributed by atoms with van der Waals surface area (Å²) in [7, 11) is 0. The maximum absolute atomic E-state index is 11.2. The fraction of sp³-hybridized carbons (Fsp3) is 0.875. The van der Waals surface area contributed by atoms with E-state index in [9.17, 15) is 9.90 Å². The maximum Gasteiger partial charge on any atom is 0.141 e. The minimum Gasteiger partial charge on any atom is -0.392 e. The SMILES string of the molecule is CC[C@]1(C)C(=O)CC[C@H]1O. The molecule has 1 aliphatic rings. The van der Waals surface area contributed by atoms with Gasteiger partial charge in [0.15, 0.2) is 0 Å². The Morgan fingerprint density at radius 1 is 1.80 bits per heavy atom. The van der Waals surface area contributed by atoms with Crippen molar-refractivity contribution in [3.63, 3.8) is 0 Å². The smallest absolute Gasteiger partial charge is 0.141 e. The number of hydrogen-bond donors (Lipinski definition) is 1. The monoisotopic (exact) mass is 142 g/mol. The van der Waals surface area contributed by atoms with Crippen LogP contribution < -0.4 is 0 Å². The van der Waals surface area contributed by atoms with Gasteiger partial charge in [-0.25, -0.2) is 0 Å². The summed E-state index contributed by atoms with van der Waals surface area (Å²) in [4.78, 5) is 11.2. The zero-order valence-electron chi connectivity index (χ0n) is 6.55. The molecule has 1 N–H and O–H groups in total. The molecular weight excluding hydrogens is 128 g/mol. The van der Waals surface area contributed by atoms with Crippen molar-refractivity contribution in [3.05, 3.63) is 0 Å². The highest BCUT2D eigenvalue weighted by Crippen LogP contribution is 2.37. The Morgan fingerprint density at radius 2 is 2.40 bits per heavy atom. The normalized spacial score (nSPS) is 40.7. The molecule has 1 saturated carbocycles. The van der Waals surface area contributed by atoms with Crippen LogP contribution in [-0.2, 0) is 4.79 Å². The van der Waals surface area contributed by atoms with Gasteiger partial charge in [0.1, 0.15) is 5.78 Å². The second-order valence-corrected chi connectivity index (χ2v) is 3.25. The molecule has 1 rings (SSSR count). The van der Waals surface area contributed by atoms with Gasteiger partial charge in [-0.2, -0.15) is 0 Å². The summed E-state index contributed by atoms with van der Waals surface area (Å²) in [6, 6.07) is 0. The Bertz CT molecular complexity index is 153. The molecule has 0 unspecified atom stereocenters. The molecule has 0 aromatic heterocycles. The van der Waals surface area contributed by atoms with E-state index in [0.717, 1.165) is 6.42 Å². The minimum absolute atomic E-state index is 0.225. The highest BCUT2D eigenvalue weighted by molar-refractivity contribution is 5.87. The van der Waals surface area contributed by atoms with Gasteiger partial charge in [0.25, 0.3) is 0 Å². The first kappa shape index (κ1) is 7.73. The van der Waals surface area contributed by atoms with E-state index in [1.165, 1.54) is 0 Å². The number of carbonyl (C=O) groups is 1. The third kappa shape index (κ3) is 0.870. The van der Waals surface area contributed by atoms with Crippen LogP contribution in [0.1, 0.15) is 33.1 Å². The number of aliphatic hydroxyl groups excluding tert-OH is 1. The Kier molecular flexibility index (Phi) is 1.82. The fourth-order valence-electron chi connectivity index (χ4n) is 1.49. The Labute approximate surface area is 61.2 Å². The van der Waals surface area contributed by atoms with Crippen molar-refractivity contribution in [1.29, 1.82) is 0 Å². The van der Waals surface area contributed by atoms with E-state index in [0.29, 0.717) is 12.8 Å². The van der Waals surface area contributed by atoms with Gasteiger partial charge in [-0.15, -0.1) is 0 Å². The summed E-state index contributed by atoms with van der Waals surface area (Å²) in [5.41, 5.74) is -0.431. The molecule has 1 aliphatic carbocycles. The topological polar surface area (TPSA) is 37.3 Å². The van der Waals surface area contributed by atoms with Gasteiger partial charge >= 0.3 is 0 Å². The average Bonchev–Trinajstić information content (AvgIpc) is 2.18. The lowest BCUT2D eigenvalue weighted by Crippen LogP contribution is -2.31. The molecule has 0 heterocycles. The fourth-order valence-corrected chi connectivity index (χ4v) is 1.49. The second-order valence-electron chi connectivity index (χ2n) is 3.25. The standard InChI is InChI=1S/C8H14O2/c1-3-8(2)6(9)4-5-7(8)10/h6,9H,3-5H2,1-2H3/t6-,8+/m1/s1. The van der Waals surface area contributed by atoms with Gasteiger partial charge < -0.3 is 5.11 Å². The van der Waals surface area contributed by atoms with Crippen molar-refractivity contribution < 1.29 is 9.90 Å². The van der Waals surface area contributed by atoms with Crippen molar-refractivity contribution in [2.24, 2.45) is 5.41 Å². The molecular formula is C8H14O2. The van der Waals surface area contributed by atoms with Crippen molar-refractivity contribution in [2.45, 2.75) is 39.2 Å². The van der Waals surface area contributed by atoms with Crippen LogP contribution in [0.3, 0.4) is 0 Å². The average molecular weight is 142 g/mol. The number of carbonyl (C=O) groups excluding carboxylic acids is 1. The second kappa shape index (κ2) is 2.35. The first-order valence-electron chi connectivity index (χ1n) is 3.82. The van der Waals surface area contributed by atoms with Gasteiger partial charge in [0.2, 0.25) is 0 Å². The third-order valence-corrected chi connectivity index (χ3v) is 2.75. The molecule has 0 aliphatic heterocycles. The van der Waals surface area contributed by atoms with Crippen LogP contribution >= 0.6 is 0 Å².